The summed E-state index contributed by atoms with van der Waals surface area (Å²) in [4.78, 5) is 24.2. The fraction of sp³-hybridized carbons (Fsp3) is 0.0435. The van der Waals surface area contributed by atoms with Gasteiger partial charge in [-0.1, -0.05) is 30.3 Å². The van der Waals surface area contributed by atoms with Crippen LogP contribution >= 0.6 is 0 Å². The molecule has 0 atom stereocenters. The second-order valence-electron chi connectivity index (χ2n) is 5.86. The molecule has 0 heterocycles. The Bertz CT molecular complexity index is 1010. The fourth-order valence-corrected chi connectivity index (χ4v) is 2.46. The highest BCUT2D eigenvalue weighted by Gasteiger charge is 2.13. The maximum Gasteiger partial charge on any atom is 0.346 e. The van der Waals surface area contributed by atoms with Gasteiger partial charge in [0.2, 0.25) is 0 Å². The van der Waals surface area contributed by atoms with E-state index in [1.54, 1.807) is 67.8 Å². The summed E-state index contributed by atoms with van der Waals surface area (Å²) in [6, 6.07) is 19.0. The molecule has 0 radical (unpaired) electrons. The lowest BCUT2D eigenvalue weighted by Crippen LogP contribution is -2.10. The van der Waals surface area contributed by atoms with Crippen LogP contribution in [0.4, 0.5) is 4.39 Å². The van der Waals surface area contributed by atoms with Gasteiger partial charge < -0.3 is 9.47 Å². The normalized spacial score (nSPS) is 10.6. The van der Waals surface area contributed by atoms with Gasteiger partial charge in [0.05, 0.1) is 12.7 Å². The number of carbonyl (C=O) groups is 2. The zero-order chi connectivity index (χ0) is 19.9. The van der Waals surface area contributed by atoms with Gasteiger partial charge in [-0.25, -0.2) is 9.18 Å². The molecule has 0 unspecified atom stereocenters. The lowest BCUT2D eigenvalue weighted by Gasteiger charge is -2.05. The van der Waals surface area contributed by atoms with Gasteiger partial charge in [0.1, 0.15) is 17.3 Å². The van der Waals surface area contributed by atoms with Gasteiger partial charge in [0, 0.05) is 5.56 Å². The van der Waals surface area contributed by atoms with Gasteiger partial charge in [-0.05, 0) is 60.2 Å². The van der Waals surface area contributed by atoms with Crippen molar-refractivity contribution in [3.05, 3.63) is 101 Å². The molecule has 0 aromatic heterocycles. The number of halogens is 1. The number of methoxy groups -OCH3 is 1. The highest BCUT2D eigenvalue weighted by Crippen LogP contribution is 2.17. The molecule has 0 bridgehead atoms. The number of ether oxygens (including phenoxy) is 2. The van der Waals surface area contributed by atoms with E-state index in [9.17, 15) is 14.0 Å². The standard InChI is InChI=1S/C23H17FO4/c1-27-18-13-9-17(10-14-18)22(25)15-8-16-6-11-19(12-7-16)28-23(26)20-4-2-3-5-21(20)24/h2-15H,1H3/b15-8+. The summed E-state index contributed by atoms with van der Waals surface area (Å²) in [5.41, 5.74) is 1.18. The Labute approximate surface area is 161 Å². The molecule has 0 aliphatic carbocycles. The Morgan fingerprint density at radius 2 is 1.50 bits per heavy atom. The van der Waals surface area contributed by atoms with Crippen molar-refractivity contribution >= 4 is 17.8 Å². The SMILES string of the molecule is COc1ccc(C(=O)/C=C/c2ccc(OC(=O)c3ccccc3F)cc2)cc1. The molecule has 0 amide bonds. The molecule has 0 fully saturated rings. The van der Waals surface area contributed by atoms with Crippen molar-refractivity contribution in [2.24, 2.45) is 0 Å². The van der Waals surface area contributed by atoms with Gasteiger partial charge in [-0.3, -0.25) is 4.79 Å². The van der Waals surface area contributed by atoms with Gasteiger partial charge in [0.15, 0.2) is 5.78 Å². The minimum atomic E-state index is -0.768. The topological polar surface area (TPSA) is 52.6 Å². The molecule has 3 aromatic carbocycles. The molecule has 0 spiro atoms. The summed E-state index contributed by atoms with van der Waals surface area (Å²) in [5.74, 6) is -0.578. The molecule has 140 valence electrons. The highest BCUT2D eigenvalue weighted by molar-refractivity contribution is 6.06. The van der Waals surface area contributed by atoms with E-state index in [2.05, 4.69) is 0 Å². The number of ketones is 1. The Kier molecular flexibility index (Phi) is 5.97. The Balaban J connectivity index is 1.63. The number of carbonyl (C=O) groups excluding carboxylic acids is 2. The molecule has 0 N–H and O–H groups in total. The molecular weight excluding hydrogens is 359 g/mol. The van der Waals surface area contributed by atoms with E-state index in [0.29, 0.717) is 11.3 Å². The number of benzene rings is 3. The summed E-state index contributed by atoms with van der Waals surface area (Å²) in [7, 11) is 1.56. The number of allylic oxidation sites excluding steroid dienone is 1. The lowest BCUT2D eigenvalue weighted by atomic mass is 10.1. The van der Waals surface area contributed by atoms with E-state index in [1.165, 1.54) is 24.3 Å². The van der Waals surface area contributed by atoms with Crippen LogP contribution in [0.3, 0.4) is 0 Å². The van der Waals surface area contributed by atoms with Crippen LogP contribution in [0, 0.1) is 5.82 Å². The quantitative estimate of drug-likeness (QED) is 0.264. The van der Waals surface area contributed by atoms with E-state index in [0.717, 1.165) is 5.56 Å². The molecule has 3 rings (SSSR count). The van der Waals surface area contributed by atoms with Crippen LogP contribution in [-0.2, 0) is 0 Å². The zero-order valence-corrected chi connectivity index (χ0v) is 15.1. The number of esters is 1. The monoisotopic (exact) mass is 376 g/mol. The fourth-order valence-electron chi connectivity index (χ4n) is 2.46. The maximum atomic E-state index is 13.6. The maximum absolute atomic E-state index is 13.6. The molecular formula is C23H17FO4. The number of rotatable bonds is 6. The first-order valence-corrected chi connectivity index (χ1v) is 8.50. The zero-order valence-electron chi connectivity index (χ0n) is 15.1. The minimum absolute atomic E-state index is 0.128. The average molecular weight is 376 g/mol. The van der Waals surface area contributed by atoms with E-state index in [4.69, 9.17) is 9.47 Å². The van der Waals surface area contributed by atoms with E-state index in [1.807, 2.05) is 0 Å². The van der Waals surface area contributed by atoms with Gasteiger partial charge >= 0.3 is 5.97 Å². The first kappa shape index (κ1) is 19.0. The van der Waals surface area contributed by atoms with Gasteiger partial charge in [0.25, 0.3) is 0 Å². The molecule has 3 aromatic rings. The van der Waals surface area contributed by atoms with Crippen molar-refractivity contribution in [2.45, 2.75) is 0 Å². The van der Waals surface area contributed by atoms with E-state index < -0.39 is 11.8 Å². The van der Waals surface area contributed by atoms with Crippen molar-refractivity contribution in [2.75, 3.05) is 7.11 Å². The third-order valence-electron chi connectivity index (χ3n) is 3.99. The molecule has 0 saturated heterocycles. The van der Waals surface area contributed by atoms with Crippen LogP contribution < -0.4 is 9.47 Å². The minimum Gasteiger partial charge on any atom is -0.497 e. The van der Waals surface area contributed by atoms with E-state index >= 15 is 0 Å². The Morgan fingerprint density at radius 1 is 0.857 bits per heavy atom. The van der Waals surface area contributed by atoms with Crippen LogP contribution in [0.5, 0.6) is 11.5 Å². The summed E-state index contributed by atoms with van der Waals surface area (Å²) in [5, 5.41) is 0. The van der Waals surface area contributed by atoms with Crippen molar-refractivity contribution < 1.29 is 23.5 Å². The first-order chi connectivity index (χ1) is 13.6. The molecule has 4 nitrogen and oxygen atoms in total. The van der Waals surface area contributed by atoms with Gasteiger partial charge in [-0.2, -0.15) is 0 Å². The molecule has 0 aliphatic heterocycles. The Hall–Kier alpha value is -3.73. The predicted molar refractivity (Wildman–Crippen MR) is 104 cm³/mol. The van der Waals surface area contributed by atoms with Crippen LogP contribution in [-0.4, -0.2) is 18.9 Å². The van der Waals surface area contributed by atoms with Crippen LogP contribution in [0.2, 0.25) is 0 Å². The van der Waals surface area contributed by atoms with Crippen LogP contribution in [0.15, 0.2) is 78.9 Å². The lowest BCUT2D eigenvalue weighted by molar-refractivity contribution is 0.0729. The largest absolute Gasteiger partial charge is 0.497 e. The molecule has 0 aliphatic rings. The molecule has 28 heavy (non-hydrogen) atoms. The first-order valence-electron chi connectivity index (χ1n) is 8.50. The number of hydrogen-bond acceptors (Lipinski definition) is 4. The van der Waals surface area contributed by atoms with Crippen molar-refractivity contribution in [1.82, 2.24) is 0 Å². The highest BCUT2D eigenvalue weighted by atomic mass is 19.1. The summed E-state index contributed by atoms with van der Waals surface area (Å²) in [6.07, 6.45) is 3.12. The van der Waals surface area contributed by atoms with Gasteiger partial charge in [-0.15, -0.1) is 0 Å². The Morgan fingerprint density at radius 3 is 2.14 bits per heavy atom. The molecule has 5 heteroatoms. The smallest absolute Gasteiger partial charge is 0.346 e. The van der Waals surface area contributed by atoms with Crippen molar-refractivity contribution in [1.29, 1.82) is 0 Å². The van der Waals surface area contributed by atoms with Crippen molar-refractivity contribution in [3.63, 3.8) is 0 Å². The molecule has 0 saturated carbocycles. The summed E-state index contributed by atoms with van der Waals surface area (Å²) in [6.45, 7) is 0. The summed E-state index contributed by atoms with van der Waals surface area (Å²) >= 11 is 0. The third-order valence-corrected chi connectivity index (χ3v) is 3.99. The second-order valence-corrected chi connectivity index (χ2v) is 5.86. The second kappa shape index (κ2) is 8.77. The van der Waals surface area contributed by atoms with Crippen LogP contribution in [0.1, 0.15) is 26.3 Å². The van der Waals surface area contributed by atoms with Crippen molar-refractivity contribution in [3.8, 4) is 11.5 Å². The average Bonchev–Trinajstić information content (AvgIpc) is 2.73. The van der Waals surface area contributed by atoms with Crippen LogP contribution in [0.25, 0.3) is 6.08 Å². The number of hydrogen-bond donors (Lipinski definition) is 0. The summed E-state index contributed by atoms with van der Waals surface area (Å²) < 4.78 is 23.9. The third kappa shape index (κ3) is 4.71. The van der Waals surface area contributed by atoms with E-state index in [-0.39, 0.29) is 17.1 Å². The predicted octanol–water partition coefficient (Wildman–Crippen LogP) is 4.95.